The number of rotatable bonds is 6. The lowest BCUT2D eigenvalue weighted by Gasteiger charge is -2.27. The molecule has 1 aliphatic rings. The summed E-state index contributed by atoms with van der Waals surface area (Å²) < 4.78 is 30.7. The van der Waals surface area contributed by atoms with Gasteiger partial charge in [0.05, 0.1) is 25.0 Å². The second-order valence-corrected chi connectivity index (χ2v) is 7.11. The fraction of sp³-hybridized carbons (Fsp3) is 0.278. The number of halogens is 1. The average molecular weight is 421 g/mol. The van der Waals surface area contributed by atoms with Crippen LogP contribution in [0.4, 0.5) is 19.7 Å². The first-order valence-electron chi connectivity index (χ1n) is 8.60. The minimum absolute atomic E-state index is 0.0168. The molecule has 0 fully saturated rings. The second-order valence-electron chi connectivity index (χ2n) is 6.29. The zero-order chi connectivity index (χ0) is 21.0. The van der Waals surface area contributed by atoms with Crippen LogP contribution in [0, 0.1) is 5.82 Å². The van der Waals surface area contributed by atoms with E-state index < -0.39 is 18.0 Å². The summed E-state index contributed by atoms with van der Waals surface area (Å²) in [6.45, 7) is 0.154. The van der Waals surface area contributed by atoms with Crippen LogP contribution in [0.3, 0.4) is 0 Å². The Morgan fingerprint density at radius 3 is 2.97 bits per heavy atom. The molecule has 0 aliphatic carbocycles. The predicted molar refractivity (Wildman–Crippen MR) is 106 cm³/mol. The minimum Gasteiger partial charge on any atom is -0.408 e. The normalized spacial score (nSPS) is 12.8. The Morgan fingerprint density at radius 2 is 2.24 bits per heavy atom. The molecule has 154 valence electrons. The number of fused-ring (bicyclic) bond motifs is 1. The van der Waals surface area contributed by atoms with Crippen molar-refractivity contribution in [1.29, 1.82) is 0 Å². The van der Waals surface area contributed by atoms with Gasteiger partial charge in [-0.25, -0.2) is 18.7 Å². The van der Waals surface area contributed by atoms with Gasteiger partial charge in [-0.1, -0.05) is 12.1 Å². The van der Waals surface area contributed by atoms with E-state index in [1.807, 2.05) is 0 Å². The lowest BCUT2D eigenvalue weighted by molar-refractivity contribution is 0.132. The smallest absolute Gasteiger partial charge is 0.408 e. The van der Waals surface area contributed by atoms with E-state index in [0.29, 0.717) is 16.9 Å². The van der Waals surface area contributed by atoms with Gasteiger partial charge >= 0.3 is 12.2 Å². The quantitative estimate of drug-likeness (QED) is 0.688. The highest BCUT2D eigenvalue weighted by Gasteiger charge is 2.28. The van der Waals surface area contributed by atoms with E-state index in [1.54, 1.807) is 39.3 Å². The lowest BCUT2D eigenvalue weighted by atomic mass is 10.1. The van der Waals surface area contributed by atoms with E-state index in [9.17, 15) is 14.0 Å². The van der Waals surface area contributed by atoms with E-state index in [1.165, 1.54) is 22.1 Å². The van der Waals surface area contributed by atoms with Crippen LogP contribution in [0.5, 0.6) is 11.5 Å². The van der Waals surface area contributed by atoms with E-state index in [4.69, 9.17) is 9.47 Å². The number of hydrogen-bond acceptors (Lipinski definition) is 8. The monoisotopic (exact) mass is 421 g/mol. The Bertz CT molecular complexity index is 927. The largest absolute Gasteiger partial charge is 0.415 e. The molecule has 0 spiro atoms. The Morgan fingerprint density at radius 1 is 1.45 bits per heavy atom. The van der Waals surface area contributed by atoms with E-state index in [2.05, 4.69) is 14.4 Å². The molecule has 1 aliphatic heterocycles. The van der Waals surface area contributed by atoms with Gasteiger partial charge in [0, 0.05) is 37.9 Å². The number of anilines is 1. The first kappa shape index (κ1) is 20.7. The van der Waals surface area contributed by atoms with Gasteiger partial charge < -0.3 is 19.1 Å². The standard InChI is InChI=1S/C18H20FN5O4S/c1-20-29-22-13-6-4-5-11(16(13)19)9-24-10-14-15(28-18(24)26)7-12(8-21-14)27-17(25)23(2)3/h4-8,20,22H,9-10H2,1-3H3. The fourth-order valence-electron chi connectivity index (χ4n) is 2.53. The van der Waals surface area contributed by atoms with Crippen LogP contribution in [0.2, 0.25) is 0 Å². The lowest BCUT2D eigenvalue weighted by Crippen LogP contribution is -2.37. The summed E-state index contributed by atoms with van der Waals surface area (Å²) >= 11 is 1.13. The third-order valence-electron chi connectivity index (χ3n) is 3.97. The topological polar surface area (TPSA) is 96.0 Å². The predicted octanol–water partition coefficient (Wildman–Crippen LogP) is 2.99. The molecule has 0 saturated heterocycles. The van der Waals surface area contributed by atoms with Gasteiger partial charge in [-0.2, -0.15) is 0 Å². The highest BCUT2D eigenvalue weighted by atomic mass is 32.2. The molecule has 2 N–H and O–H groups in total. The van der Waals surface area contributed by atoms with Crippen LogP contribution >= 0.6 is 12.1 Å². The van der Waals surface area contributed by atoms with E-state index in [-0.39, 0.29) is 24.6 Å². The zero-order valence-electron chi connectivity index (χ0n) is 16.1. The molecular formula is C18H20FN5O4S. The van der Waals surface area contributed by atoms with Gasteiger partial charge in [0.25, 0.3) is 0 Å². The number of nitrogens with one attached hydrogen (secondary N) is 2. The Kier molecular flexibility index (Phi) is 6.39. The Balaban J connectivity index is 1.74. The van der Waals surface area contributed by atoms with Gasteiger partial charge in [0.1, 0.15) is 5.69 Å². The van der Waals surface area contributed by atoms with Crippen LogP contribution in [0.25, 0.3) is 0 Å². The maximum atomic E-state index is 14.7. The number of carbonyl (C=O) groups excluding carboxylic acids is 2. The molecule has 0 unspecified atom stereocenters. The van der Waals surface area contributed by atoms with E-state index >= 15 is 0 Å². The maximum Gasteiger partial charge on any atom is 0.415 e. The average Bonchev–Trinajstić information content (AvgIpc) is 2.69. The van der Waals surface area contributed by atoms with Gasteiger partial charge in [-0.3, -0.25) is 9.88 Å². The molecule has 0 saturated carbocycles. The van der Waals surface area contributed by atoms with Crippen molar-refractivity contribution in [3.05, 3.63) is 47.5 Å². The molecule has 2 amide bonds. The summed E-state index contributed by atoms with van der Waals surface area (Å²) in [7, 11) is 4.81. The molecule has 1 aromatic carbocycles. The van der Waals surface area contributed by atoms with Crippen molar-refractivity contribution < 1.29 is 23.5 Å². The summed E-state index contributed by atoms with van der Waals surface area (Å²) in [5, 5.41) is 0. The van der Waals surface area contributed by atoms with Crippen LogP contribution in [0.15, 0.2) is 30.5 Å². The van der Waals surface area contributed by atoms with Gasteiger partial charge in [0.15, 0.2) is 17.3 Å². The minimum atomic E-state index is -0.641. The summed E-state index contributed by atoms with van der Waals surface area (Å²) in [5.74, 6) is -0.0834. The van der Waals surface area contributed by atoms with Crippen LogP contribution in [-0.2, 0) is 13.1 Å². The highest BCUT2D eigenvalue weighted by Crippen LogP contribution is 2.30. The summed E-state index contributed by atoms with van der Waals surface area (Å²) in [6, 6.07) is 6.33. The molecular weight excluding hydrogens is 401 g/mol. The van der Waals surface area contributed by atoms with Crippen molar-refractivity contribution >= 4 is 30.0 Å². The molecule has 2 heterocycles. The van der Waals surface area contributed by atoms with Crippen molar-refractivity contribution in [2.75, 3.05) is 25.9 Å². The number of pyridine rings is 1. The first-order chi connectivity index (χ1) is 13.9. The summed E-state index contributed by atoms with van der Waals surface area (Å²) in [6.07, 6.45) is 0.158. The number of benzene rings is 1. The SMILES string of the molecule is CNSNc1cccc(CN2Cc3ncc(OC(=O)N(C)C)cc3OC2=O)c1F. The second kappa shape index (κ2) is 8.97. The number of nitrogens with zero attached hydrogens (tertiary/aromatic N) is 3. The molecule has 0 radical (unpaired) electrons. The van der Waals surface area contributed by atoms with Crippen LogP contribution in [-0.4, -0.2) is 48.1 Å². The zero-order valence-corrected chi connectivity index (χ0v) is 16.9. The first-order valence-corrected chi connectivity index (χ1v) is 9.41. The van der Waals surface area contributed by atoms with Gasteiger partial charge in [0.2, 0.25) is 0 Å². The van der Waals surface area contributed by atoms with Gasteiger partial charge in [-0.05, 0) is 13.1 Å². The van der Waals surface area contributed by atoms with E-state index in [0.717, 1.165) is 12.1 Å². The van der Waals surface area contributed by atoms with Crippen molar-refractivity contribution in [1.82, 2.24) is 19.5 Å². The molecule has 11 heteroatoms. The van der Waals surface area contributed by atoms with Crippen molar-refractivity contribution in [2.45, 2.75) is 13.1 Å². The molecule has 1 aromatic heterocycles. The third kappa shape index (κ3) is 4.87. The van der Waals surface area contributed by atoms with Crippen LogP contribution < -0.4 is 18.9 Å². The fourth-order valence-corrected chi connectivity index (χ4v) is 2.90. The molecule has 2 aromatic rings. The molecule has 29 heavy (non-hydrogen) atoms. The number of ether oxygens (including phenoxy) is 2. The molecule has 0 atom stereocenters. The molecule has 9 nitrogen and oxygen atoms in total. The number of aromatic nitrogens is 1. The van der Waals surface area contributed by atoms with Crippen molar-refractivity contribution in [3.63, 3.8) is 0 Å². The number of carbonyl (C=O) groups is 2. The summed E-state index contributed by atoms with van der Waals surface area (Å²) in [5.41, 5.74) is 1.12. The van der Waals surface area contributed by atoms with Crippen molar-refractivity contribution in [3.8, 4) is 11.5 Å². The Hall–Kier alpha value is -3.05. The van der Waals surface area contributed by atoms with Gasteiger partial charge in [-0.15, -0.1) is 0 Å². The van der Waals surface area contributed by atoms with Crippen molar-refractivity contribution in [2.24, 2.45) is 0 Å². The number of amides is 2. The molecule has 3 rings (SSSR count). The Labute approximate surface area is 171 Å². The van der Waals surface area contributed by atoms with Crippen LogP contribution in [0.1, 0.15) is 11.3 Å². The maximum absolute atomic E-state index is 14.7. The highest BCUT2D eigenvalue weighted by molar-refractivity contribution is 7.98. The third-order valence-corrected chi connectivity index (χ3v) is 4.50. The summed E-state index contributed by atoms with van der Waals surface area (Å²) in [4.78, 5) is 30.8. The molecule has 0 bridgehead atoms. The number of hydrogen-bond donors (Lipinski definition) is 2.